The van der Waals surface area contributed by atoms with Crippen molar-refractivity contribution in [3.05, 3.63) is 78.4 Å². The highest BCUT2D eigenvalue weighted by Crippen LogP contribution is 2.03. The van der Waals surface area contributed by atoms with Gasteiger partial charge in [-0.05, 0) is 23.8 Å². The summed E-state index contributed by atoms with van der Waals surface area (Å²) in [4.78, 5) is 8.86. The van der Waals surface area contributed by atoms with Gasteiger partial charge in [0.25, 0.3) is 0 Å². The molecule has 0 unspecified atom stereocenters. The third-order valence-electron chi connectivity index (χ3n) is 3.27. The van der Waals surface area contributed by atoms with Gasteiger partial charge in [0.05, 0.1) is 0 Å². The van der Waals surface area contributed by atoms with Gasteiger partial charge >= 0.3 is 0 Å². The van der Waals surface area contributed by atoms with E-state index < -0.39 is 0 Å². The Morgan fingerprint density at radius 2 is 1.76 bits per heavy atom. The molecular weight excluding hydrogens is 260 g/mol. The summed E-state index contributed by atoms with van der Waals surface area (Å²) in [6, 6.07) is 16.3. The monoisotopic (exact) mass is 278 g/mol. The van der Waals surface area contributed by atoms with Crippen molar-refractivity contribution in [3.63, 3.8) is 0 Å². The molecule has 106 valence electrons. The highest BCUT2D eigenvalue weighted by Gasteiger charge is 2.01. The molecule has 0 spiro atoms. The standard InChI is InChI=1S/C17H18N4/c1-2-6-15(7-3-1)14-18-10-8-16-9-11-19-17(20-16)21-12-4-5-13-21/h1-7,9,11-13,18H,8,10,14H2. The maximum absolute atomic E-state index is 4.57. The molecule has 1 N–H and O–H groups in total. The number of nitrogens with one attached hydrogen (secondary N) is 1. The van der Waals surface area contributed by atoms with E-state index in [9.17, 15) is 0 Å². The average Bonchev–Trinajstić information content (AvgIpc) is 3.07. The Morgan fingerprint density at radius 3 is 2.57 bits per heavy atom. The van der Waals surface area contributed by atoms with Crippen molar-refractivity contribution in [3.8, 4) is 5.95 Å². The molecule has 0 atom stereocenters. The summed E-state index contributed by atoms with van der Waals surface area (Å²) >= 11 is 0. The van der Waals surface area contributed by atoms with Crippen LogP contribution in [0.5, 0.6) is 0 Å². The molecule has 0 aliphatic rings. The van der Waals surface area contributed by atoms with Gasteiger partial charge in [-0.1, -0.05) is 30.3 Å². The highest BCUT2D eigenvalue weighted by molar-refractivity contribution is 5.17. The molecule has 2 heterocycles. The smallest absolute Gasteiger partial charge is 0.233 e. The van der Waals surface area contributed by atoms with Gasteiger partial charge in [0.15, 0.2) is 0 Å². The SMILES string of the molecule is c1ccc(CNCCc2ccnc(-n3cccc3)n2)cc1. The molecule has 0 radical (unpaired) electrons. The molecule has 1 aromatic carbocycles. The van der Waals surface area contributed by atoms with Gasteiger partial charge in [0.2, 0.25) is 5.95 Å². The molecule has 4 nitrogen and oxygen atoms in total. The first-order valence-electron chi connectivity index (χ1n) is 7.12. The van der Waals surface area contributed by atoms with E-state index in [4.69, 9.17) is 0 Å². The number of hydrogen-bond donors (Lipinski definition) is 1. The Labute approximate surface area is 124 Å². The van der Waals surface area contributed by atoms with E-state index in [-0.39, 0.29) is 0 Å². The lowest BCUT2D eigenvalue weighted by atomic mass is 10.2. The Morgan fingerprint density at radius 1 is 0.952 bits per heavy atom. The van der Waals surface area contributed by atoms with E-state index >= 15 is 0 Å². The van der Waals surface area contributed by atoms with Crippen molar-refractivity contribution in [2.45, 2.75) is 13.0 Å². The molecule has 0 saturated heterocycles. The van der Waals surface area contributed by atoms with Crippen LogP contribution in [0.1, 0.15) is 11.3 Å². The largest absolute Gasteiger partial charge is 0.312 e. The zero-order valence-corrected chi connectivity index (χ0v) is 11.8. The molecule has 3 rings (SSSR count). The van der Waals surface area contributed by atoms with E-state index in [1.807, 2.05) is 47.4 Å². The molecular formula is C17H18N4. The number of rotatable bonds is 6. The van der Waals surface area contributed by atoms with Crippen molar-refractivity contribution in [1.29, 1.82) is 0 Å². The normalized spacial score (nSPS) is 10.7. The minimum absolute atomic E-state index is 0.723. The molecule has 3 aromatic rings. The molecule has 21 heavy (non-hydrogen) atoms. The van der Waals surface area contributed by atoms with E-state index in [0.717, 1.165) is 31.2 Å². The second-order valence-corrected chi connectivity index (χ2v) is 4.85. The van der Waals surface area contributed by atoms with Gasteiger partial charge in [-0.2, -0.15) is 0 Å². The van der Waals surface area contributed by atoms with Crippen LogP contribution in [-0.4, -0.2) is 21.1 Å². The minimum Gasteiger partial charge on any atom is -0.312 e. The van der Waals surface area contributed by atoms with Crippen LogP contribution in [0.2, 0.25) is 0 Å². The summed E-state index contributed by atoms with van der Waals surface area (Å²) in [5, 5.41) is 3.44. The lowest BCUT2D eigenvalue weighted by molar-refractivity contribution is 0.677. The van der Waals surface area contributed by atoms with Crippen molar-refractivity contribution in [2.75, 3.05) is 6.54 Å². The molecule has 0 bridgehead atoms. The fraction of sp³-hybridized carbons (Fsp3) is 0.176. The summed E-state index contributed by atoms with van der Waals surface area (Å²) in [6.45, 7) is 1.79. The van der Waals surface area contributed by atoms with Crippen LogP contribution in [0.25, 0.3) is 5.95 Å². The Kier molecular flexibility index (Phi) is 4.39. The zero-order valence-electron chi connectivity index (χ0n) is 11.8. The van der Waals surface area contributed by atoms with Crippen LogP contribution < -0.4 is 5.32 Å². The van der Waals surface area contributed by atoms with Crippen LogP contribution in [0.15, 0.2) is 67.1 Å². The van der Waals surface area contributed by atoms with Gasteiger partial charge in [0, 0.05) is 43.8 Å². The van der Waals surface area contributed by atoms with Crippen LogP contribution in [0, 0.1) is 0 Å². The lowest BCUT2D eigenvalue weighted by Crippen LogP contribution is -2.17. The first-order valence-corrected chi connectivity index (χ1v) is 7.12. The van der Waals surface area contributed by atoms with Crippen molar-refractivity contribution < 1.29 is 0 Å². The number of benzene rings is 1. The second kappa shape index (κ2) is 6.81. The summed E-state index contributed by atoms with van der Waals surface area (Å²) in [6.07, 6.45) is 6.61. The maximum atomic E-state index is 4.57. The predicted octanol–water partition coefficient (Wildman–Crippen LogP) is 2.60. The van der Waals surface area contributed by atoms with Crippen LogP contribution in [0.4, 0.5) is 0 Å². The average molecular weight is 278 g/mol. The second-order valence-electron chi connectivity index (χ2n) is 4.85. The molecule has 0 amide bonds. The summed E-state index contributed by atoms with van der Waals surface area (Å²) in [7, 11) is 0. The van der Waals surface area contributed by atoms with Crippen LogP contribution in [-0.2, 0) is 13.0 Å². The zero-order chi connectivity index (χ0) is 14.3. The summed E-state index contributed by atoms with van der Waals surface area (Å²) < 4.78 is 1.92. The topological polar surface area (TPSA) is 42.7 Å². The number of nitrogens with zero attached hydrogens (tertiary/aromatic N) is 3. The van der Waals surface area contributed by atoms with Crippen LogP contribution in [0.3, 0.4) is 0 Å². The molecule has 0 aliphatic carbocycles. The fourth-order valence-electron chi connectivity index (χ4n) is 2.16. The molecule has 0 aliphatic heterocycles. The van der Waals surface area contributed by atoms with Gasteiger partial charge in [-0.15, -0.1) is 0 Å². The first kappa shape index (κ1) is 13.5. The van der Waals surface area contributed by atoms with Gasteiger partial charge in [-0.25, -0.2) is 9.97 Å². The molecule has 4 heteroatoms. The van der Waals surface area contributed by atoms with E-state index in [2.05, 4.69) is 39.6 Å². The molecule has 0 fully saturated rings. The Hall–Kier alpha value is -2.46. The predicted molar refractivity (Wildman–Crippen MR) is 83.2 cm³/mol. The van der Waals surface area contributed by atoms with Crippen molar-refractivity contribution >= 4 is 0 Å². The molecule has 2 aromatic heterocycles. The lowest BCUT2D eigenvalue weighted by Gasteiger charge is -2.06. The third kappa shape index (κ3) is 3.77. The fourth-order valence-corrected chi connectivity index (χ4v) is 2.16. The van der Waals surface area contributed by atoms with Crippen molar-refractivity contribution in [2.24, 2.45) is 0 Å². The maximum Gasteiger partial charge on any atom is 0.233 e. The Balaban J connectivity index is 1.53. The van der Waals surface area contributed by atoms with Crippen molar-refractivity contribution in [1.82, 2.24) is 19.9 Å². The van der Waals surface area contributed by atoms with Gasteiger partial charge < -0.3 is 5.32 Å². The van der Waals surface area contributed by atoms with E-state index in [0.29, 0.717) is 0 Å². The Bertz CT molecular complexity index is 662. The number of hydrogen-bond acceptors (Lipinski definition) is 3. The third-order valence-corrected chi connectivity index (χ3v) is 3.27. The van der Waals surface area contributed by atoms with Gasteiger partial charge in [0.1, 0.15) is 0 Å². The summed E-state index contributed by atoms with van der Waals surface area (Å²) in [5.74, 6) is 0.723. The molecule has 0 saturated carbocycles. The number of aromatic nitrogens is 3. The first-order chi connectivity index (χ1) is 10.4. The van der Waals surface area contributed by atoms with Crippen LogP contribution >= 0.6 is 0 Å². The minimum atomic E-state index is 0.723. The van der Waals surface area contributed by atoms with E-state index in [1.165, 1.54) is 5.56 Å². The van der Waals surface area contributed by atoms with Gasteiger partial charge in [-0.3, -0.25) is 4.57 Å². The highest BCUT2D eigenvalue weighted by atomic mass is 15.1. The van der Waals surface area contributed by atoms with E-state index in [1.54, 1.807) is 0 Å². The quantitative estimate of drug-likeness (QED) is 0.705. The summed E-state index contributed by atoms with van der Waals surface area (Å²) in [5.41, 5.74) is 2.35.